The van der Waals surface area contributed by atoms with Crippen LogP contribution in [0.25, 0.3) is 16.7 Å². The Morgan fingerprint density at radius 2 is 2.00 bits per heavy atom. The summed E-state index contributed by atoms with van der Waals surface area (Å²) in [5.74, 6) is 1.78. The lowest BCUT2D eigenvalue weighted by Crippen LogP contribution is -2.23. The fourth-order valence-corrected chi connectivity index (χ4v) is 3.99. The Morgan fingerprint density at radius 1 is 1.17 bits per heavy atom. The molecule has 29 heavy (non-hydrogen) atoms. The third-order valence-electron chi connectivity index (χ3n) is 4.53. The first kappa shape index (κ1) is 19.3. The summed E-state index contributed by atoms with van der Waals surface area (Å²) in [4.78, 5) is 27.0. The predicted octanol–water partition coefficient (Wildman–Crippen LogP) is 4.28. The molecular weight excluding hydrogens is 386 g/mol. The number of nitrogens with zero attached hydrogens (tertiary/aromatic N) is 5. The van der Waals surface area contributed by atoms with Gasteiger partial charge in [-0.3, -0.25) is 4.79 Å². The smallest absolute Gasteiger partial charge is 0.267 e. The Bertz CT molecular complexity index is 1220. The summed E-state index contributed by atoms with van der Waals surface area (Å²) in [5.41, 5.74) is 1.39. The Labute approximate surface area is 172 Å². The zero-order chi connectivity index (χ0) is 20.4. The molecule has 4 aromatic rings. The number of para-hydroxylation sites is 1. The molecule has 0 aliphatic rings. The molecule has 0 bridgehead atoms. The highest BCUT2D eigenvalue weighted by atomic mass is 32.2. The fraction of sp³-hybridized carbons (Fsp3) is 0.286. The molecule has 0 saturated carbocycles. The minimum Gasteiger partial charge on any atom is -0.338 e. The van der Waals surface area contributed by atoms with Crippen molar-refractivity contribution >= 4 is 22.7 Å². The number of aromatic nitrogens is 5. The molecule has 1 aromatic carbocycles. The summed E-state index contributed by atoms with van der Waals surface area (Å²) in [6.45, 7) is 5.96. The van der Waals surface area contributed by atoms with Crippen LogP contribution in [-0.4, -0.2) is 24.7 Å². The molecule has 0 radical (unpaired) electrons. The van der Waals surface area contributed by atoms with E-state index >= 15 is 0 Å². The van der Waals surface area contributed by atoms with Crippen molar-refractivity contribution in [3.63, 3.8) is 0 Å². The molecule has 3 heterocycles. The molecule has 4 rings (SSSR count). The Kier molecular flexibility index (Phi) is 5.44. The molecule has 0 saturated heterocycles. The number of aryl methyl sites for hydroxylation is 2. The molecule has 0 aliphatic carbocycles. The minimum absolute atomic E-state index is 0.149. The van der Waals surface area contributed by atoms with Gasteiger partial charge in [0.05, 0.1) is 16.2 Å². The Morgan fingerprint density at radius 3 is 2.79 bits per heavy atom. The molecule has 7 nitrogen and oxygen atoms in total. The standard InChI is InChI=1S/C21H21N5O2S/c1-4-8-17-24-19(28-25-17)14(3)29-21-23-16-11-6-5-10-15(16)20(27)26(21)18-13(2)9-7-12-22-18/h5-7,9-12,14H,4,8H2,1-3H3. The van der Waals surface area contributed by atoms with Gasteiger partial charge in [0.25, 0.3) is 5.56 Å². The van der Waals surface area contributed by atoms with Crippen molar-refractivity contribution in [2.45, 2.75) is 44.0 Å². The second-order valence-electron chi connectivity index (χ2n) is 6.75. The van der Waals surface area contributed by atoms with Gasteiger partial charge in [0, 0.05) is 12.6 Å². The van der Waals surface area contributed by atoms with Gasteiger partial charge in [-0.05, 0) is 44.0 Å². The summed E-state index contributed by atoms with van der Waals surface area (Å²) in [5, 5.41) is 4.95. The SMILES string of the molecule is CCCc1noc(C(C)Sc2nc3ccccc3c(=O)n2-c2ncccc2C)n1. The second kappa shape index (κ2) is 8.16. The van der Waals surface area contributed by atoms with Crippen molar-refractivity contribution in [1.29, 1.82) is 0 Å². The van der Waals surface area contributed by atoms with Gasteiger partial charge in [0.15, 0.2) is 11.0 Å². The van der Waals surface area contributed by atoms with Crippen molar-refractivity contribution in [1.82, 2.24) is 24.7 Å². The van der Waals surface area contributed by atoms with E-state index in [1.54, 1.807) is 16.8 Å². The molecular formula is C21H21N5O2S. The van der Waals surface area contributed by atoms with Crippen molar-refractivity contribution in [3.05, 3.63) is 70.2 Å². The van der Waals surface area contributed by atoms with Crippen molar-refractivity contribution in [2.24, 2.45) is 0 Å². The van der Waals surface area contributed by atoms with Gasteiger partial charge in [0.1, 0.15) is 5.82 Å². The van der Waals surface area contributed by atoms with Crippen LogP contribution in [0.3, 0.4) is 0 Å². The third-order valence-corrected chi connectivity index (χ3v) is 5.57. The van der Waals surface area contributed by atoms with Gasteiger partial charge in [-0.15, -0.1) is 0 Å². The molecule has 1 unspecified atom stereocenters. The predicted molar refractivity (Wildman–Crippen MR) is 112 cm³/mol. The largest absolute Gasteiger partial charge is 0.338 e. The highest BCUT2D eigenvalue weighted by Crippen LogP contribution is 2.34. The van der Waals surface area contributed by atoms with Crippen molar-refractivity contribution in [2.75, 3.05) is 0 Å². The maximum absolute atomic E-state index is 13.3. The van der Waals surface area contributed by atoms with E-state index in [-0.39, 0.29) is 10.8 Å². The van der Waals surface area contributed by atoms with Crippen LogP contribution in [0.5, 0.6) is 0 Å². The van der Waals surface area contributed by atoms with E-state index in [9.17, 15) is 4.79 Å². The molecule has 0 aliphatic heterocycles. The normalized spacial score (nSPS) is 12.4. The molecule has 8 heteroatoms. The number of hydrogen-bond donors (Lipinski definition) is 0. The van der Waals surface area contributed by atoms with Crippen LogP contribution in [0.15, 0.2) is 57.1 Å². The number of fused-ring (bicyclic) bond motifs is 1. The maximum Gasteiger partial charge on any atom is 0.267 e. The second-order valence-corrected chi connectivity index (χ2v) is 8.06. The molecule has 0 N–H and O–H groups in total. The van der Waals surface area contributed by atoms with Crippen LogP contribution in [0.1, 0.15) is 42.8 Å². The van der Waals surface area contributed by atoms with E-state index in [2.05, 4.69) is 22.0 Å². The lowest BCUT2D eigenvalue weighted by atomic mass is 10.2. The number of pyridine rings is 1. The lowest BCUT2D eigenvalue weighted by molar-refractivity contribution is 0.374. The van der Waals surface area contributed by atoms with Crippen LogP contribution >= 0.6 is 11.8 Å². The van der Waals surface area contributed by atoms with Crippen LogP contribution in [0.2, 0.25) is 0 Å². The van der Waals surface area contributed by atoms with Gasteiger partial charge < -0.3 is 4.52 Å². The monoisotopic (exact) mass is 407 g/mol. The van der Waals surface area contributed by atoms with Gasteiger partial charge in [-0.2, -0.15) is 4.98 Å². The third kappa shape index (κ3) is 3.80. The highest BCUT2D eigenvalue weighted by Gasteiger charge is 2.21. The lowest BCUT2D eigenvalue weighted by Gasteiger charge is -2.15. The van der Waals surface area contributed by atoms with E-state index in [1.807, 2.05) is 44.2 Å². The topological polar surface area (TPSA) is 86.7 Å². The summed E-state index contributed by atoms with van der Waals surface area (Å²) in [7, 11) is 0. The van der Waals surface area contributed by atoms with Crippen LogP contribution in [0.4, 0.5) is 0 Å². The van der Waals surface area contributed by atoms with Gasteiger partial charge in [-0.1, -0.05) is 42.0 Å². The summed E-state index contributed by atoms with van der Waals surface area (Å²) < 4.78 is 7.00. The number of benzene rings is 1. The molecule has 0 amide bonds. The van der Waals surface area contributed by atoms with E-state index in [4.69, 9.17) is 9.51 Å². The van der Waals surface area contributed by atoms with Gasteiger partial charge in [0.2, 0.25) is 5.89 Å². The fourth-order valence-electron chi connectivity index (χ4n) is 3.06. The molecule has 1 atom stereocenters. The molecule has 148 valence electrons. The number of rotatable bonds is 6. The quantitative estimate of drug-likeness (QED) is 0.348. The number of thioether (sulfide) groups is 1. The summed E-state index contributed by atoms with van der Waals surface area (Å²) >= 11 is 1.40. The molecule has 0 spiro atoms. The number of hydrogen-bond acceptors (Lipinski definition) is 7. The first-order valence-electron chi connectivity index (χ1n) is 9.51. The van der Waals surface area contributed by atoms with Gasteiger partial charge in [-0.25, -0.2) is 14.5 Å². The summed E-state index contributed by atoms with van der Waals surface area (Å²) in [6.07, 6.45) is 3.40. The van der Waals surface area contributed by atoms with Gasteiger partial charge >= 0.3 is 0 Å². The van der Waals surface area contributed by atoms with E-state index in [0.29, 0.717) is 33.6 Å². The first-order valence-corrected chi connectivity index (χ1v) is 10.4. The summed E-state index contributed by atoms with van der Waals surface area (Å²) in [6, 6.07) is 11.1. The van der Waals surface area contributed by atoms with Crippen LogP contribution < -0.4 is 5.56 Å². The highest BCUT2D eigenvalue weighted by molar-refractivity contribution is 7.99. The molecule has 0 fully saturated rings. The molecule has 3 aromatic heterocycles. The minimum atomic E-state index is -0.170. The van der Waals surface area contributed by atoms with Crippen LogP contribution in [-0.2, 0) is 6.42 Å². The Hall–Kier alpha value is -3.00. The average Bonchev–Trinajstić information content (AvgIpc) is 3.18. The average molecular weight is 407 g/mol. The van der Waals surface area contributed by atoms with E-state index < -0.39 is 0 Å². The zero-order valence-corrected chi connectivity index (χ0v) is 17.3. The maximum atomic E-state index is 13.3. The first-order chi connectivity index (χ1) is 14.1. The Balaban J connectivity index is 1.83. The van der Waals surface area contributed by atoms with E-state index in [1.165, 1.54) is 11.8 Å². The van der Waals surface area contributed by atoms with Crippen molar-refractivity contribution < 1.29 is 4.52 Å². The van der Waals surface area contributed by atoms with E-state index in [0.717, 1.165) is 18.4 Å². The zero-order valence-electron chi connectivity index (χ0n) is 16.5. The van der Waals surface area contributed by atoms with Crippen molar-refractivity contribution in [3.8, 4) is 5.82 Å². The van der Waals surface area contributed by atoms with Crippen LogP contribution in [0, 0.1) is 6.92 Å².